The largest absolute Gasteiger partial charge is 0.481 e. The summed E-state index contributed by atoms with van der Waals surface area (Å²) in [5.74, 6) is -0.148. The minimum atomic E-state index is -0.766. The van der Waals surface area contributed by atoms with Gasteiger partial charge in [0.1, 0.15) is 0 Å². The molecule has 19 heavy (non-hydrogen) atoms. The van der Waals surface area contributed by atoms with Gasteiger partial charge in [-0.15, -0.1) is 5.10 Å². The van der Waals surface area contributed by atoms with Crippen molar-refractivity contribution in [1.29, 1.82) is 0 Å². The summed E-state index contributed by atoms with van der Waals surface area (Å²) in [5.41, 5.74) is 1.39. The molecule has 0 radical (unpaired) electrons. The Kier molecular flexibility index (Phi) is 2.58. The molecule has 0 atom stereocenters. The molecule has 2 aromatic rings. The Labute approximate surface area is 110 Å². The lowest BCUT2D eigenvalue weighted by molar-refractivity contribution is -0.144. The molecule has 1 saturated carbocycles. The van der Waals surface area contributed by atoms with E-state index < -0.39 is 11.4 Å². The van der Waals surface area contributed by atoms with Gasteiger partial charge in [-0.05, 0) is 30.2 Å². The molecule has 0 bridgehead atoms. The van der Waals surface area contributed by atoms with Crippen molar-refractivity contribution in [3.05, 3.63) is 29.8 Å². The first kappa shape index (κ1) is 11.8. The molecule has 0 aliphatic heterocycles. The number of carboxylic acid groups (broad SMARTS) is 1. The highest BCUT2D eigenvalue weighted by atomic mass is 16.4. The van der Waals surface area contributed by atoms with Crippen LogP contribution in [0.15, 0.2) is 24.3 Å². The summed E-state index contributed by atoms with van der Waals surface area (Å²) in [5, 5.41) is 20.8. The van der Waals surface area contributed by atoms with Gasteiger partial charge in [-0.25, -0.2) is 4.68 Å². The van der Waals surface area contributed by atoms with Crippen LogP contribution in [0.2, 0.25) is 0 Å². The summed E-state index contributed by atoms with van der Waals surface area (Å²) in [6.07, 6.45) is 1.38. The fraction of sp³-hybridized carbons (Fsp3) is 0.385. The Balaban J connectivity index is 1.91. The normalized spacial score (nSPS) is 16.3. The lowest BCUT2D eigenvalue weighted by Gasteiger charge is -2.10. The summed E-state index contributed by atoms with van der Waals surface area (Å²) in [6.45, 7) is 2.34. The molecule has 0 amide bonds. The molecule has 1 aromatic heterocycles. The summed E-state index contributed by atoms with van der Waals surface area (Å²) in [6, 6.07) is 7.85. The van der Waals surface area contributed by atoms with Crippen LogP contribution in [0, 0.1) is 12.3 Å². The van der Waals surface area contributed by atoms with Gasteiger partial charge in [0.15, 0.2) is 5.82 Å². The second-order valence-corrected chi connectivity index (χ2v) is 5.11. The zero-order chi connectivity index (χ0) is 13.5. The Hall–Kier alpha value is -2.24. The van der Waals surface area contributed by atoms with Crippen molar-refractivity contribution in [2.24, 2.45) is 5.41 Å². The van der Waals surface area contributed by atoms with Crippen LogP contribution < -0.4 is 0 Å². The van der Waals surface area contributed by atoms with E-state index in [9.17, 15) is 9.90 Å². The van der Waals surface area contributed by atoms with Crippen molar-refractivity contribution in [3.63, 3.8) is 0 Å². The zero-order valence-electron chi connectivity index (χ0n) is 10.6. The highest BCUT2D eigenvalue weighted by molar-refractivity contribution is 5.77. The van der Waals surface area contributed by atoms with Crippen molar-refractivity contribution < 1.29 is 9.90 Å². The number of carboxylic acids is 1. The SMILES string of the molecule is Cc1ccc(-c2nnnn2CC2(C(=O)O)CC2)cc1. The third-order valence-corrected chi connectivity index (χ3v) is 3.60. The Morgan fingerprint density at radius 1 is 1.37 bits per heavy atom. The summed E-state index contributed by atoms with van der Waals surface area (Å²) in [4.78, 5) is 11.2. The molecule has 3 rings (SSSR count). The van der Waals surface area contributed by atoms with Gasteiger partial charge in [0.05, 0.1) is 12.0 Å². The minimum Gasteiger partial charge on any atom is -0.481 e. The molecule has 6 heteroatoms. The number of benzene rings is 1. The molecule has 0 saturated heterocycles. The molecule has 1 aromatic carbocycles. The highest BCUT2D eigenvalue weighted by Crippen LogP contribution is 2.47. The van der Waals surface area contributed by atoms with Gasteiger partial charge in [-0.2, -0.15) is 0 Å². The molecule has 98 valence electrons. The maximum atomic E-state index is 11.2. The van der Waals surface area contributed by atoms with E-state index >= 15 is 0 Å². The average molecular weight is 258 g/mol. The fourth-order valence-corrected chi connectivity index (χ4v) is 2.10. The van der Waals surface area contributed by atoms with Gasteiger partial charge in [0, 0.05) is 5.56 Å². The number of nitrogens with zero attached hydrogens (tertiary/aromatic N) is 4. The predicted molar refractivity (Wildman–Crippen MR) is 67.3 cm³/mol. The molecule has 1 aliphatic carbocycles. The smallest absolute Gasteiger partial charge is 0.311 e. The van der Waals surface area contributed by atoms with Crippen LogP contribution in [0.25, 0.3) is 11.4 Å². The summed E-state index contributed by atoms with van der Waals surface area (Å²) >= 11 is 0. The van der Waals surface area contributed by atoms with E-state index in [0.29, 0.717) is 25.2 Å². The van der Waals surface area contributed by atoms with Gasteiger partial charge in [-0.3, -0.25) is 4.79 Å². The molecule has 1 aliphatic rings. The van der Waals surface area contributed by atoms with Crippen LogP contribution in [0.5, 0.6) is 0 Å². The number of tetrazole rings is 1. The lowest BCUT2D eigenvalue weighted by atomic mass is 10.1. The molecular formula is C13H14N4O2. The molecule has 6 nitrogen and oxygen atoms in total. The van der Waals surface area contributed by atoms with Gasteiger partial charge in [0.2, 0.25) is 0 Å². The van der Waals surface area contributed by atoms with Crippen LogP contribution >= 0.6 is 0 Å². The maximum absolute atomic E-state index is 11.2. The number of rotatable bonds is 4. The van der Waals surface area contributed by atoms with Crippen LogP contribution in [0.3, 0.4) is 0 Å². The second-order valence-electron chi connectivity index (χ2n) is 5.11. The van der Waals surface area contributed by atoms with E-state index in [1.807, 2.05) is 31.2 Å². The van der Waals surface area contributed by atoms with E-state index in [1.54, 1.807) is 4.68 Å². The van der Waals surface area contributed by atoms with Gasteiger partial charge in [0.25, 0.3) is 0 Å². The van der Waals surface area contributed by atoms with E-state index in [4.69, 9.17) is 0 Å². The van der Waals surface area contributed by atoms with Gasteiger partial charge < -0.3 is 5.11 Å². The molecule has 0 spiro atoms. The van der Waals surface area contributed by atoms with E-state index in [-0.39, 0.29) is 0 Å². The minimum absolute atomic E-state index is 0.332. The van der Waals surface area contributed by atoms with E-state index in [2.05, 4.69) is 15.5 Å². The van der Waals surface area contributed by atoms with Crippen LogP contribution in [0.1, 0.15) is 18.4 Å². The monoisotopic (exact) mass is 258 g/mol. The molecule has 1 N–H and O–H groups in total. The first-order valence-corrected chi connectivity index (χ1v) is 6.17. The third-order valence-electron chi connectivity index (χ3n) is 3.60. The quantitative estimate of drug-likeness (QED) is 0.899. The first-order valence-electron chi connectivity index (χ1n) is 6.17. The topological polar surface area (TPSA) is 80.9 Å². The Morgan fingerprint density at radius 3 is 2.63 bits per heavy atom. The standard InChI is InChI=1S/C13H14N4O2/c1-9-2-4-10(5-3-9)11-14-15-16-17(11)8-13(6-7-13)12(18)19/h2-5H,6-8H2,1H3,(H,18,19). The van der Waals surface area contributed by atoms with Gasteiger partial charge in [-0.1, -0.05) is 29.8 Å². The third kappa shape index (κ3) is 2.09. The molecule has 1 fully saturated rings. The van der Waals surface area contributed by atoms with Crippen molar-refractivity contribution in [1.82, 2.24) is 20.2 Å². The highest BCUT2D eigenvalue weighted by Gasteiger charge is 2.51. The van der Waals surface area contributed by atoms with E-state index in [0.717, 1.165) is 11.1 Å². The van der Waals surface area contributed by atoms with Crippen LogP contribution in [-0.4, -0.2) is 31.3 Å². The van der Waals surface area contributed by atoms with Crippen molar-refractivity contribution in [2.75, 3.05) is 0 Å². The Morgan fingerprint density at radius 2 is 2.05 bits per heavy atom. The van der Waals surface area contributed by atoms with Crippen molar-refractivity contribution in [2.45, 2.75) is 26.3 Å². The maximum Gasteiger partial charge on any atom is 0.311 e. The lowest BCUT2D eigenvalue weighted by Crippen LogP contribution is -2.22. The number of carbonyl (C=O) groups is 1. The first-order chi connectivity index (χ1) is 9.11. The predicted octanol–water partition coefficient (Wildman–Crippen LogP) is 1.51. The molecule has 0 unspecified atom stereocenters. The van der Waals surface area contributed by atoms with Crippen molar-refractivity contribution in [3.8, 4) is 11.4 Å². The number of aryl methyl sites for hydroxylation is 1. The average Bonchev–Trinajstić information content (AvgIpc) is 3.03. The van der Waals surface area contributed by atoms with Crippen LogP contribution in [-0.2, 0) is 11.3 Å². The second kappa shape index (κ2) is 4.15. The van der Waals surface area contributed by atoms with Crippen LogP contribution in [0.4, 0.5) is 0 Å². The number of hydrogen-bond acceptors (Lipinski definition) is 4. The van der Waals surface area contributed by atoms with E-state index in [1.165, 1.54) is 0 Å². The van der Waals surface area contributed by atoms with Gasteiger partial charge >= 0.3 is 5.97 Å². The summed E-state index contributed by atoms with van der Waals surface area (Å²) < 4.78 is 1.59. The van der Waals surface area contributed by atoms with Crippen molar-refractivity contribution >= 4 is 5.97 Å². The molecule has 1 heterocycles. The zero-order valence-corrected chi connectivity index (χ0v) is 10.6. The molecular weight excluding hydrogens is 244 g/mol. The summed E-state index contributed by atoms with van der Waals surface area (Å²) in [7, 11) is 0. The number of hydrogen-bond donors (Lipinski definition) is 1. The Bertz CT molecular complexity index is 614. The fourth-order valence-electron chi connectivity index (χ4n) is 2.10. The number of aromatic nitrogens is 4. The number of aliphatic carboxylic acids is 1.